The van der Waals surface area contributed by atoms with E-state index in [2.05, 4.69) is 51.5 Å². The Balaban J connectivity index is 0.000000211. The van der Waals surface area contributed by atoms with Crippen LogP contribution in [0.3, 0.4) is 0 Å². The molecule has 3 nitrogen and oxygen atoms in total. The monoisotopic (exact) mass is 308 g/mol. The van der Waals surface area contributed by atoms with Crippen molar-refractivity contribution in [2.24, 2.45) is 0 Å². The van der Waals surface area contributed by atoms with Crippen LogP contribution >= 0.6 is 11.3 Å². The highest BCUT2D eigenvalue weighted by molar-refractivity contribution is 7.11. The Hall–Kier alpha value is -1.16. The Morgan fingerprint density at radius 3 is 1.90 bits per heavy atom. The molecule has 0 bridgehead atoms. The highest BCUT2D eigenvalue weighted by Gasteiger charge is 2.10. The molecular formula is C17H28N2OS. The fraction of sp³-hybridized carbons (Fsp3) is 0.647. The van der Waals surface area contributed by atoms with E-state index in [1.807, 2.05) is 25.2 Å². The van der Waals surface area contributed by atoms with Crippen molar-refractivity contribution in [2.75, 3.05) is 0 Å². The van der Waals surface area contributed by atoms with Crippen LogP contribution in [0.5, 0.6) is 0 Å². The van der Waals surface area contributed by atoms with Gasteiger partial charge in [0.05, 0.1) is 16.4 Å². The summed E-state index contributed by atoms with van der Waals surface area (Å²) < 4.78 is 5.36. The summed E-state index contributed by atoms with van der Waals surface area (Å²) >= 11 is 1.84. The number of thiazole rings is 1. The molecule has 0 fully saturated rings. The molecule has 0 atom stereocenters. The van der Waals surface area contributed by atoms with Gasteiger partial charge >= 0.3 is 0 Å². The molecule has 21 heavy (non-hydrogen) atoms. The van der Waals surface area contributed by atoms with Crippen LogP contribution in [0.2, 0.25) is 0 Å². The van der Waals surface area contributed by atoms with E-state index in [4.69, 9.17) is 4.42 Å². The van der Waals surface area contributed by atoms with Crippen molar-refractivity contribution in [3.05, 3.63) is 32.9 Å². The Labute approximate surface area is 132 Å². The van der Waals surface area contributed by atoms with Gasteiger partial charge in [-0.2, -0.15) is 0 Å². The first-order chi connectivity index (χ1) is 9.76. The smallest absolute Gasteiger partial charge is 0.191 e. The minimum atomic E-state index is 0.446. The lowest BCUT2D eigenvalue weighted by Gasteiger charge is -2.01. The maximum atomic E-state index is 5.36. The number of hydrogen-bond acceptors (Lipinski definition) is 4. The molecule has 2 aromatic heterocycles. The lowest BCUT2D eigenvalue weighted by Crippen LogP contribution is -1.89. The van der Waals surface area contributed by atoms with Crippen LogP contribution in [0, 0.1) is 20.8 Å². The van der Waals surface area contributed by atoms with Gasteiger partial charge in [-0.1, -0.05) is 34.6 Å². The largest absolute Gasteiger partial charge is 0.445 e. The molecule has 4 heteroatoms. The molecule has 2 aromatic rings. The molecular weight excluding hydrogens is 280 g/mol. The number of nitrogens with zero attached hydrogens (tertiary/aromatic N) is 2. The fourth-order valence-electron chi connectivity index (χ4n) is 2.27. The third-order valence-electron chi connectivity index (χ3n) is 3.16. The molecule has 0 saturated carbocycles. The molecule has 0 spiro atoms. The summed E-state index contributed by atoms with van der Waals surface area (Å²) in [5.74, 6) is 2.86. The Morgan fingerprint density at radius 2 is 1.62 bits per heavy atom. The molecule has 118 valence electrons. The van der Waals surface area contributed by atoms with Crippen LogP contribution in [-0.4, -0.2) is 9.97 Å². The quantitative estimate of drug-likeness (QED) is 0.746. The lowest BCUT2D eigenvalue weighted by molar-refractivity contribution is 0.455. The maximum Gasteiger partial charge on any atom is 0.191 e. The molecule has 0 amide bonds. The molecule has 0 saturated heterocycles. The third-order valence-corrected chi connectivity index (χ3v) is 4.47. The molecule has 0 aliphatic rings. The summed E-state index contributed by atoms with van der Waals surface area (Å²) in [5, 5.41) is 1.20. The molecule has 0 N–H and O–H groups in total. The van der Waals surface area contributed by atoms with Gasteiger partial charge in [0.25, 0.3) is 0 Å². The highest BCUT2D eigenvalue weighted by atomic mass is 32.1. The van der Waals surface area contributed by atoms with Gasteiger partial charge in [0.15, 0.2) is 5.89 Å². The average molecular weight is 308 g/mol. The fourth-order valence-corrected chi connectivity index (χ4v) is 3.29. The van der Waals surface area contributed by atoms with Crippen molar-refractivity contribution in [1.29, 1.82) is 0 Å². The highest BCUT2D eigenvalue weighted by Crippen LogP contribution is 2.26. The van der Waals surface area contributed by atoms with E-state index in [9.17, 15) is 0 Å². The van der Waals surface area contributed by atoms with Crippen molar-refractivity contribution in [1.82, 2.24) is 9.97 Å². The first-order valence-electron chi connectivity index (χ1n) is 7.66. The first-order valence-corrected chi connectivity index (χ1v) is 8.47. The van der Waals surface area contributed by atoms with Gasteiger partial charge in [-0.3, -0.25) is 0 Å². The number of aromatic nitrogens is 2. The number of oxazole rings is 1. The zero-order valence-electron chi connectivity index (χ0n) is 14.6. The predicted molar refractivity (Wildman–Crippen MR) is 90.4 cm³/mol. The molecule has 0 radical (unpaired) electrons. The van der Waals surface area contributed by atoms with E-state index >= 15 is 0 Å². The van der Waals surface area contributed by atoms with Crippen LogP contribution in [0.15, 0.2) is 4.42 Å². The first kappa shape index (κ1) is 17.9. The summed E-state index contributed by atoms with van der Waals surface area (Å²) in [6.45, 7) is 16.8. The van der Waals surface area contributed by atoms with Crippen molar-refractivity contribution in [2.45, 2.75) is 73.6 Å². The lowest BCUT2D eigenvalue weighted by atomic mass is 10.1. The summed E-state index contributed by atoms with van der Waals surface area (Å²) in [4.78, 5) is 10.1. The summed E-state index contributed by atoms with van der Waals surface area (Å²) in [5.41, 5.74) is 2.31. The van der Waals surface area contributed by atoms with E-state index in [-0.39, 0.29) is 0 Å². The van der Waals surface area contributed by atoms with Gasteiger partial charge in [-0.05, 0) is 26.2 Å². The van der Waals surface area contributed by atoms with Crippen LogP contribution in [-0.2, 0) is 6.42 Å². The summed E-state index contributed by atoms with van der Waals surface area (Å²) in [6.07, 6.45) is 1.07. The second-order valence-electron chi connectivity index (χ2n) is 5.89. The molecule has 0 unspecified atom stereocenters. The Morgan fingerprint density at radius 1 is 1.00 bits per heavy atom. The molecule has 2 heterocycles. The van der Waals surface area contributed by atoms with Crippen molar-refractivity contribution in [3.63, 3.8) is 0 Å². The topological polar surface area (TPSA) is 38.9 Å². The van der Waals surface area contributed by atoms with E-state index in [1.54, 1.807) is 0 Å². The molecule has 0 aromatic carbocycles. The zero-order chi connectivity index (χ0) is 16.2. The van der Waals surface area contributed by atoms with Crippen molar-refractivity contribution >= 4 is 11.3 Å². The molecule has 0 aliphatic carbocycles. The van der Waals surface area contributed by atoms with Crippen molar-refractivity contribution in [3.8, 4) is 0 Å². The minimum Gasteiger partial charge on any atom is -0.445 e. The van der Waals surface area contributed by atoms with Gasteiger partial charge in [0, 0.05) is 17.7 Å². The SMILES string of the molecule is CCc1nc(C)sc1C(C)C.Cc1nc(C)c(C(C)C)o1. The van der Waals surface area contributed by atoms with Crippen molar-refractivity contribution < 1.29 is 4.42 Å². The number of hydrogen-bond donors (Lipinski definition) is 0. The molecule has 2 rings (SSSR count). The van der Waals surface area contributed by atoms with E-state index in [1.165, 1.54) is 15.6 Å². The van der Waals surface area contributed by atoms with E-state index < -0.39 is 0 Å². The van der Waals surface area contributed by atoms with Gasteiger partial charge in [-0.25, -0.2) is 9.97 Å². The normalized spacial score (nSPS) is 11.0. The van der Waals surface area contributed by atoms with E-state index in [0.717, 1.165) is 23.8 Å². The standard InChI is InChI=1S/C9H15NS.C8H13NO/c1-5-8-9(6(2)3)11-7(4)10-8;1-5(2)8-6(3)9-7(4)10-8/h6H,5H2,1-4H3;5H,1-4H3. The number of aryl methyl sites for hydroxylation is 4. The zero-order valence-corrected chi connectivity index (χ0v) is 15.4. The van der Waals surface area contributed by atoms with Gasteiger partial charge in [-0.15, -0.1) is 11.3 Å². The Bertz CT molecular complexity index is 567. The minimum absolute atomic E-state index is 0.446. The maximum absolute atomic E-state index is 5.36. The Kier molecular flexibility index (Phi) is 6.59. The second-order valence-corrected chi connectivity index (χ2v) is 7.12. The summed E-state index contributed by atoms with van der Waals surface area (Å²) in [6, 6.07) is 0. The van der Waals surface area contributed by atoms with Crippen LogP contribution in [0.25, 0.3) is 0 Å². The second kappa shape index (κ2) is 7.74. The summed E-state index contributed by atoms with van der Waals surface area (Å²) in [7, 11) is 0. The molecule has 0 aliphatic heterocycles. The van der Waals surface area contributed by atoms with Gasteiger partial charge in [0.2, 0.25) is 0 Å². The van der Waals surface area contributed by atoms with Gasteiger partial charge in [0.1, 0.15) is 5.76 Å². The average Bonchev–Trinajstić information content (AvgIpc) is 2.92. The predicted octanol–water partition coefficient (Wildman–Crippen LogP) is 5.55. The van der Waals surface area contributed by atoms with Crippen LogP contribution in [0.4, 0.5) is 0 Å². The van der Waals surface area contributed by atoms with Gasteiger partial charge < -0.3 is 4.42 Å². The third kappa shape index (κ3) is 4.95. The number of rotatable bonds is 3. The van der Waals surface area contributed by atoms with E-state index in [0.29, 0.717) is 11.8 Å². The van der Waals surface area contributed by atoms with Crippen LogP contribution < -0.4 is 0 Å². The van der Waals surface area contributed by atoms with Crippen LogP contribution in [0.1, 0.15) is 79.4 Å².